The molecular weight excluding hydrogens is 453 g/mol. The number of likely N-dealkylation sites (N-methyl/N-ethyl adjacent to an activating group) is 1. The van der Waals surface area contributed by atoms with Crippen molar-refractivity contribution in [2.45, 2.75) is 31.6 Å². The summed E-state index contributed by atoms with van der Waals surface area (Å²) in [5, 5.41) is 10.0. The van der Waals surface area contributed by atoms with Crippen molar-refractivity contribution < 1.29 is 18.3 Å². The van der Waals surface area contributed by atoms with Crippen molar-refractivity contribution >= 4 is 23.3 Å². The maximum absolute atomic E-state index is 13.1. The van der Waals surface area contributed by atoms with Crippen LogP contribution in [0, 0.1) is 0 Å². The second kappa shape index (κ2) is 9.57. The van der Waals surface area contributed by atoms with Gasteiger partial charge in [0.1, 0.15) is 17.7 Å². The summed E-state index contributed by atoms with van der Waals surface area (Å²) in [5.41, 5.74) is 1.60. The van der Waals surface area contributed by atoms with E-state index in [9.17, 15) is 18.3 Å². The molecule has 0 aromatic heterocycles. The van der Waals surface area contributed by atoms with Gasteiger partial charge in [-0.05, 0) is 35.7 Å². The van der Waals surface area contributed by atoms with E-state index in [0.29, 0.717) is 47.3 Å². The van der Waals surface area contributed by atoms with E-state index in [4.69, 9.17) is 11.6 Å². The number of aliphatic hydroxyl groups is 1. The monoisotopic (exact) mass is 476 g/mol. The van der Waals surface area contributed by atoms with Crippen molar-refractivity contribution in [2.75, 3.05) is 20.2 Å². The van der Waals surface area contributed by atoms with Crippen molar-refractivity contribution in [2.24, 2.45) is 9.98 Å². The molecule has 0 saturated heterocycles. The lowest BCUT2D eigenvalue weighted by Crippen LogP contribution is -2.52. The average molecular weight is 477 g/mol. The van der Waals surface area contributed by atoms with Crippen LogP contribution in [0.3, 0.4) is 0 Å². The molecule has 2 aromatic rings. The number of fused-ring (bicyclic) bond motifs is 1. The van der Waals surface area contributed by atoms with Gasteiger partial charge in [0.2, 0.25) is 0 Å². The summed E-state index contributed by atoms with van der Waals surface area (Å²) in [5.74, 6) is 1.16. The minimum atomic E-state index is -4.39. The molecule has 0 bridgehead atoms. The van der Waals surface area contributed by atoms with Gasteiger partial charge in [0, 0.05) is 44.3 Å². The van der Waals surface area contributed by atoms with Crippen LogP contribution in [0.5, 0.6) is 0 Å². The van der Waals surface area contributed by atoms with E-state index in [1.807, 2.05) is 42.4 Å². The Balaban J connectivity index is 1.57. The molecule has 2 aromatic carbocycles. The quantitative estimate of drug-likeness (QED) is 0.627. The molecule has 1 atom stereocenters. The molecule has 2 heterocycles. The summed E-state index contributed by atoms with van der Waals surface area (Å²) in [6.45, 7) is 0.705. The Morgan fingerprint density at radius 1 is 1.06 bits per heavy atom. The first-order valence-electron chi connectivity index (χ1n) is 10.6. The van der Waals surface area contributed by atoms with E-state index in [-0.39, 0.29) is 19.2 Å². The first-order valence-corrected chi connectivity index (χ1v) is 11.0. The van der Waals surface area contributed by atoms with Crippen LogP contribution in [-0.2, 0) is 19.0 Å². The van der Waals surface area contributed by atoms with Crippen molar-refractivity contribution in [3.8, 4) is 0 Å². The molecule has 0 spiro atoms. The van der Waals surface area contributed by atoms with Crippen LogP contribution in [0.2, 0.25) is 5.02 Å². The Kier molecular flexibility index (Phi) is 6.76. The smallest absolute Gasteiger partial charge is 0.396 e. The zero-order chi connectivity index (χ0) is 23.6. The van der Waals surface area contributed by atoms with Crippen LogP contribution < -0.4 is 0 Å². The summed E-state index contributed by atoms with van der Waals surface area (Å²) in [6.07, 6.45) is -1.01. The molecule has 33 heavy (non-hydrogen) atoms. The van der Waals surface area contributed by atoms with Crippen molar-refractivity contribution in [3.63, 3.8) is 0 Å². The summed E-state index contributed by atoms with van der Waals surface area (Å²) < 4.78 is 39.2. The molecule has 1 unspecified atom stereocenters. The molecule has 2 aliphatic heterocycles. The van der Waals surface area contributed by atoms with Crippen molar-refractivity contribution in [1.82, 2.24) is 9.80 Å². The molecular formula is C24H24ClF3N4O. The van der Waals surface area contributed by atoms with E-state index in [0.717, 1.165) is 17.7 Å². The number of nitrogens with zero attached hydrogens (tertiary/aromatic N) is 4. The van der Waals surface area contributed by atoms with E-state index in [1.54, 1.807) is 6.07 Å². The van der Waals surface area contributed by atoms with Gasteiger partial charge in [-0.3, -0.25) is 0 Å². The Labute approximate surface area is 195 Å². The predicted octanol–water partition coefficient (Wildman–Crippen LogP) is 4.75. The third kappa shape index (κ3) is 5.39. The molecule has 4 rings (SSSR count). The molecule has 0 fully saturated rings. The summed E-state index contributed by atoms with van der Waals surface area (Å²) in [6, 6.07) is 12.9. The van der Waals surface area contributed by atoms with Crippen LogP contribution in [0.1, 0.15) is 23.1 Å². The fraction of sp³-hybridized carbons (Fsp3) is 0.333. The van der Waals surface area contributed by atoms with E-state index in [2.05, 4.69) is 14.9 Å². The standard InChI is InChI=1S/C24H24ClF3N4O/c1-31-22(14-16-6-8-19(25)9-7-16)32(10-3-11-33)15-20-23(31)30-21(29-20)13-17-4-2-5-18(12-17)24(26,27)28/h2,4-9,12,15,22,33H,3,10-11,13-14H2,1H3. The lowest BCUT2D eigenvalue weighted by Gasteiger charge is -2.42. The number of hydrogen-bond donors (Lipinski definition) is 1. The topological polar surface area (TPSA) is 51.4 Å². The second-order valence-electron chi connectivity index (χ2n) is 8.09. The summed E-state index contributed by atoms with van der Waals surface area (Å²) in [7, 11) is 1.93. The molecule has 9 heteroatoms. The van der Waals surface area contributed by atoms with Crippen LogP contribution in [-0.4, -0.2) is 52.9 Å². The number of aliphatic imine (C=N–C) groups is 2. The number of rotatable bonds is 7. The molecule has 0 amide bonds. The summed E-state index contributed by atoms with van der Waals surface area (Å²) >= 11 is 6.02. The fourth-order valence-corrected chi connectivity index (χ4v) is 4.14. The SMILES string of the molecule is CN1C2=NC(Cc3cccc(C(F)(F)F)c3)=NC2=CN(CCCO)C1Cc1ccc(Cl)cc1. The molecule has 0 radical (unpaired) electrons. The minimum absolute atomic E-state index is 0.0525. The normalized spacial score (nSPS) is 18.1. The van der Waals surface area contributed by atoms with Gasteiger partial charge in [0.25, 0.3) is 0 Å². The highest BCUT2D eigenvalue weighted by atomic mass is 35.5. The van der Waals surface area contributed by atoms with E-state index in [1.165, 1.54) is 6.07 Å². The van der Waals surface area contributed by atoms with E-state index >= 15 is 0 Å². The van der Waals surface area contributed by atoms with Gasteiger partial charge in [0.15, 0.2) is 5.84 Å². The summed E-state index contributed by atoms with van der Waals surface area (Å²) in [4.78, 5) is 13.4. The van der Waals surface area contributed by atoms with Gasteiger partial charge in [-0.2, -0.15) is 13.2 Å². The van der Waals surface area contributed by atoms with Gasteiger partial charge in [-0.1, -0.05) is 41.9 Å². The lowest BCUT2D eigenvalue weighted by molar-refractivity contribution is -0.137. The molecule has 1 N–H and O–H groups in total. The maximum Gasteiger partial charge on any atom is 0.416 e. The number of benzene rings is 2. The van der Waals surface area contributed by atoms with Crippen LogP contribution >= 0.6 is 11.6 Å². The predicted molar refractivity (Wildman–Crippen MR) is 123 cm³/mol. The highest BCUT2D eigenvalue weighted by Crippen LogP contribution is 2.31. The molecule has 5 nitrogen and oxygen atoms in total. The van der Waals surface area contributed by atoms with Gasteiger partial charge < -0.3 is 14.9 Å². The van der Waals surface area contributed by atoms with Gasteiger partial charge in [0.05, 0.1) is 5.56 Å². The Bertz CT molecular complexity index is 1100. The van der Waals surface area contributed by atoms with E-state index < -0.39 is 11.7 Å². The third-order valence-corrected chi connectivity index (χ3v) is 5.94. The highest BCUT2D eigenvalue weighted by Gasteiger charge is 2.34. The lowest BCUT2D eigenvalue weighted by atomic mass is 10.1. The molecule has 2 aliphatic rings. The number of hydrogen-bond acceptors (Lipinski definition) is 5. The minimum Gasteiger partial charge on any atom is -0.396 e. The fourth-order valence-electron chi connectivity index (χ4n) is 4.02. The first-order chi connectivity index (χ1) is 15.7. The van der Waals surface area contributed by atoms with Gasteiger partial charge in [-0.15, -0.1) is 0 Å². The molecule has 174 valence electrons. The zero-order valence-corrected chi connectivity index (χ0v) is 18.8. The van der Waals surface area contributed by atoms with Crippen molar-refractivity contribution in [3.05, 3.63) is 82.1 Å². The average Bonchev–Trinajstić information content (AvgIpc) is 3.18. The van der Waals surface area contributed by atoms with Gasteiger partial charge >= 0.3 is 6.18 Å². The van der Waals surface area contributed by atoms with Crippen LogP contribution in [0.4, 0.5) is 13.2 Å². The Morgan fingerprint density at radius 3 is 2.52 bits per heavy atom. The number of aliphatic hydroxyl groups excluding tert-OH is 1. The molecule has 0 saturated carbocycles. The van der Waals surface area contributed by atoms with Crippen LogP contribution in [0.15, 0.2) is 70.4 Å². The maximum atomic E-state index is 13.1. The van der Waals surface area contributed by atoms with Crippen LogP contribution in [0.25, 0.3) is 0 Å². The number of halogens is 4. The first kappa shape index (κ1) is 23.3. The zero-order valence-electron chi connectivity index (χ0n) is 18.1. The van der Waals surface area contributed by atoms with Crippen molar-refractivity contribution in [1.29, 1.82) is 0 Å². The third-order valence-electron chi connectivity index (χ3n) is 5.69. The Hall–Kier alpha value is -2.84. The molecule has 0 aliphatic carbocycles. The van der Waals surface area contributed by atoms with Gasteiger partial charge in [-0.25, -0.2) is 9.98 Å². The highest BCUT2D eigenvalue weighted by molar-refractivity contribution is 6.30. The Morgan fingerprint density at radius 2 is 1.82 bits per heavy atom. The second-order valence-corrected chi connectivity index (χ2v) is 8.53. The number of amidine groups is 2. The largest absolute Gasteiger partial charge is 0.416 e. The number of alkyl halides is 3.